The van der Waals surface area contributed by atoms with Crippen LogP contribution in [0.5, 0.6) is 5.75 Å². The monoisotopic (exact) mass is 357 g/mol. The highest BCUT2D eigenvalue weighted by atomic mass is 19.4. The Morgan fingerprint density at radius 3 is 2.64 bits per heavy atom. The highest BCUT2D eigenvalue weighted by Gasteiger charge is 2.42. The van der Waals surface area contributed by atoms with Gasteiger partial charge in [0.2, 0.25) is 0 Å². The molecule has 25 heavy (non-hydrogen) atoms. The van der Waals surface area contributed by atoms with Crippen LogP contribution in [0, 0.1) is 5.92 Å². The van der Waals surface area contributed by atoms with Crippen molar-refractivity contribution in [2.75, 3.05) is 13.6 Å². The van der Waals surface area contributed by atoms with Crippen LogP contribution in [0.2, 0.25) is 0 Å². The van der Waals surface area contributed by atoms with E-state index in [0.717, 1.165) is 12.2 Å². The molecule has 2 N–H and O–H groups in total. The highest BCUT2D eigenvalue weighted by Crippen LogP contribution is 2.37. The molecule has 140 valence electrons. The molecule has 1 aromatic carbocycles. The van der Waals surface area contributed by atoms with Crippen molar-refractivity contribution in [1.82, 2.24) is 10.6 Å². The third-order valence-electron chi connectivity index (χ3n) is 4.34. The first-order valence-electron chi connectivity index (χ1n) is 8.64. The fourth-order valence-corrected chi connectivity index (χ4v) is 3.02. The minimum atomic E-state index is -4.12. The summed E-state index contributed by atoms with van der Waals surface area (Å²) < 4.78 is 44.5. The number of rotatable bonds is 5. The van der Waals surface area contributed by atoms with Crippen LogP contribution in [0.15, 0.2) is 35.3 Å². The summed E-state index contributed by atoms with van der Waals surface area (Å²) in [7, 11) is 1.61. The second kappa shape index (κ2) is 8.97. The second-order valence-electron chi connectivity index (χ2n) is 6.44. The Hall–Kier alpha value is -1.92. The van der Waals surface area contributed by atoms with Crippen LogP contribution in [0.25, 0.3) is 0 Å². The number of nitrogens with one attached hydrogen (secondary N) is 2. The van der Waals surface area contributed by atoms with Gasteiger partial charge in [0.25, 0.3) is 0 Å². The topological polar surface area (TPSA) is 45.7 Å². The van der Waals surface area contributed by atoms with Crippen molar-refractivity contribution in [1.29, 1.82) is 0 Å². The molecule has 2 rings (SSSR count). The van der Waals surface area contributed by atoms with Gasteiger partial charge in [-0.25, -0.2) is 0 Å². The number of nitrogens with zero attached hydrogens (tertiary/aromatic N) is 1. The lowest BCUT2D eigenvalue weighted by Gasteiger charge is -2.32. The van der Waals surface area contributed by atoms with Crippen molar-refractivity contribution in [3.05, 3.63) is 30.3 Å². The average molecular weight is 357 g/mol. The molecule has 1 aliphatic rings. The van der Waals surface area contributed by atoms with Gasteiger partial charge in [0.15, 0.2) is 5.96 Å². The first-order valence-corrected chi connectivity index (χ1v) is 8.64. The van der Waals surface area contributed by atoms with E-state index in [-0.39, 0.29) is 25.0 Å². The van der Waals surface area contributed by atoms with Crippen molar-refractivity contribution >= 4 is 5.96 Å². The zero-order chi connectivity index (χ0) is 18.3. The summed E-state index contributed by atoms with van der Waals surface area (Å²) >= 11 is 0. The molecule has 1 fully saturated rings. The van der Waals surface area contributed by atoms with Crippen molar-refractivity contribution in [2.45, 2.75) is 50.9 Å². The molecule has 0 radical (unpaired) electrons. The molecule has 0 heterocycles. The number of benzene rings is 1. The largest absolute Gasteiger partial charge is 0.489 e. The van der Waals surface area contributed by atoms with E-state index in [9.17, 15) is 13.2 Å². The van der Waals surface area contributed by atoms with Crippen LogP contribution in [0.4, 0.5) is 13.2 Å². The molecule has 3 atom stereocenters. The Bertz CT molecular complexity index is 548. The van der Waals surface area contributed by atoms with Crippen molar-refractivity contribution in [3.8, 4) is 5.75 Å². The smallest absolute Gasteiger partial charge is 0.391 e. The van der Waals surface area contributed by atoms with Crippen molar-refractivity contribution in [3.63, 3.8) is 0 Å². The molecular weight excluding hydrogens is 331 g/mol. The summed E-state index contributed by atoms with van der Waals surface area (Å²) in [5.74, 6) is 0.0635. The zero-order valence-corrected chi connectivity index (χ0v) is 14.6. The molecule has 0 aliphatic heterocycles. The summed E-state index contributed by atoms with van der Waals surface area (Å²) in [5, 5.41) is 6.23. The summed E-state index contributed by atoms with van der Waals surface area (Å²) in [6, 6.07) is 9.26. The Morgan fingerprint density at radius 2 is 2.00 bits per heavy atom. The van der Waals surface area contributed by atoms with Crippen LogP contribution in [0.3, 0.4) is 0 Å². The van der Waals surface area contributed by atoms with E-state index in [2.05, 4.69) is 15.6 Å². The van der Waals surface area contributed by atoms with Gasteiger partial charge in [0, 0.05) is 13.1 Å². The van der Waals surface area contributed by atoms with Gasteiger partial charge in [-0.15, -0.1) is 0 Å². The van der Waals surface area contributed by atoms with Gasteiger partial charge in [-0.1, -0.05) is 24.6 Å². The number of hydrogen-bond donors (Lipinski definition) is 2. The molecule has 1 aliphatic carbocycles. The molecule has 3 unspecified atom stereocenters. The Labute approximate surface area is 146 Å². The van der Waals surface area contributed by atoms with E-state index < -0.39 is 12.1 Å². The molecular formula is C18H26F3N3O. The molecule has 0 bridgehead atoms. The van der Waals surface area contributed by atoms with E-state index >= 15 is 0 Å². The van der Waals surface area contributed by atoms with Gasteiger partial charge >= 0.3 is 6.18 Å². The van der Waals surface area contributed by atoms with E-state index in [0.29, 0.717) is 18.9 Å². The maximum Gasteiger partial charge on any atom is 0.391 e. The predicted octanol–water partition coefficient (Wildman–Crippen LogP) is 3.74. The molecule has 0 saturated heterocycles. The standard InChI is InChI=1S/C18H26F3N3O/c1-13(25-16-9-4-3-5-10-16)12-23-17(22-2)24-15-8-6-7-14(11-15)18(19,20)21/h3-5,9-10,13-15H,6-8,11-12H2,1-2H3,(H2,22,23,24). The minimum absolute atomic E-state index is 0.0975. The van der Waals surface area contributed by atoms with Crippen molar-refractivity contribution < 1.29 is 17.9 Å². The maximum absolute atomic E-state index is 12.9. The first kappa shape index (κ1) is 19.4. The lowest BCUT2D eigenvalue weighted by molar-refractivity contribution is -0.183. The molecule has 0 aromatic heterocycles. The fourth-order valence-electron chi connectivity index (χ4n) is 3.02. The van der Waals surface area contributed by atoms with E-state index in [4.69, 9.17) is 4.74 Å². The van der Waals surface area contributed by atoms with E-state index in [1.165, 1.54) is 0 Å². The Kier molecular flexibility index (Phi) is 6.96. The molecule has 7 heteroatoms. The average Bonchev–Trinajstić information content (AvgIpc) is 2.59. The third-order valence-corrected chi connectivity index (χ3v) is 4.34. The number of aliphatic imine (C=N–C) groups is 1. The molecule has 4 nitrogen and oxygen atoms in total. The highest BCUT2D eigenvalue weighted by molar-refractivity contribution is 5.80. The van der Waals surface area contributed by atoms with Crippen LogP contribution in [0.1, 0.15) is 32.6 Å². The quantitative estimate of drug-likeness (QED) is 0.623. The summed E-state index contributed by atoms with van der Waals surface area (Å²) in [6.45, 7) is 2.43. The summed E-state index contributed by atoms with van der Waals surface area (Å²) in [4.78, 5) is 4.11. The molecule has 1 aromatic rings. The number of alkyl halides is 3. The molecule has 0 spiro atoms. The number of para-hydroxylation sites is 1. The van der Waals surface area contributed by atoms with Gasteiger partial charge in [-0.3, -0.25) is 4.99 Å². The van der Waals surface area contributed by atoms with Gasteiger partial charge in [0.1, 0.15) is 11.9 Å². The lowest BCUT2D eigenvalue weighted by Crippen LogP contribution is -2.48. The van der Waals surface area contributed by atoms with Crippen LogP contribution < -0.4 is 15.4 Å². The van der Waals surface area contributed by atoms with Gasteiger partial charge < -0.3 is 15.4 Å². The number of guanidine groups is 1. The van der Waals surface area contributed by atoms with Gasteiger partial charge in [-0.05, 0) is 38.3 Å². The predicted molar refractivity (Wildman–Crippen MR) is 92.8 cm³/mol. The second-order valence-corrected chi connectivity index (χ2v) is 6.44. The Morgan fingerprint density at radius 1 is 1.28 bits per heavy atom. The number of ether oxygens (including phenoxy) is 1. The summed E-state index contributed by atoms with van der Waals surface area (Å²) in [6.07, 6.45) is -2.60. The van der Waals surface area contributed by atoms with Gasteiger partial charge in [-0.2, -0.15) is 13.2 Å². The first-order chi connectivity index (χ1) is 11.9. The maximum atomic E-state index is 12.9. The van der Waals surface area contributed by atoms with Crippen LogP contribution in [-0.4, -0.2) is 37.9 Å². The summed E-state index contributed by atoms with van der Waals surface area (Å²) in [5.41, 5.74) is 0. The van der Waals surface area contributed by atoms with E-state index in [1.54, 1.807) is 7.05 Å². The SMILES string of the molecule is CN=C(NCC(C)Oc1ccccc1)NC1CCCC(C(F)(F)F)C1. The number of hydrogen-bond acceptors (Lipinski definition) is 2. The number of halogens is 3. The van der Waals surface area contributed by atoms with Crippen molar-refractivity contribution in [2.24, 2.45) is 10.9 Å². The molecule has 1 saturated carbocycles. The van der Waals surface area contributed by atoms with Crippen LogP contribution >= 0.6 is 0 Å². The van der Waals surface area contributed by atoms with Crippen LogP contribution in [-0.2, 0) is 0 Å². The van der Waals surface area contributed by atoms with Gasteiger partial charge in [0.05, 0.1) is 12.5 Å². The lowest BCUT2D eigenvalue weighted by atomic mass is 9.85. The third kappa shape index (κ3) is 6.48. The fraction of sp³-hybridized carbons (Fsp3) is 0.611. The zero-order valence-electron chi connectivity index (χ0n) is 14.6. The normalized spacial score (nSPS) is 23.0. The Balaban J connectivity index is 1.78. The van der Waals surface area contributed by atoms with E-state index in [1.807, 2.05) is 37.3 Å². The molecule has 0 amide bonds. The minimum Gasteiger partial charge on any atom is -0.489 e.